The number of anilines is 1. The van der Waals surface area contributed by atoms with Crippen molar-refractivity contribution in [1.82, 2.24) is 5.32 Å². The van der Waals surface area contributed by atoms with E-state index in [4.69, 9.17) is 0 Å². The summed E-state index contributed by atoms with van der Waals surface area (Å²) in [5, 5.41) is 25.4. The molecular weight excluding hydrogens is 384 g/mol. The van der Waals surface area contributed by atoms with Gasteiger partial charge in [0, 0.05) is 11.1 Å². The molecule has 29 heavy (non-hydrogen) atoms. The lowest BCUT2D eigenvalue weighted by atomic mass is 9.61. The zero-order valence-corrected chi connectivity index (χ0v) is 17.3. The van der Waals surface area contributed by atoms with Crippen molar-refractivity contribution in [2.45, 2.75) is 45.4 Å². The number of rotatable bonds is 5. The van der Waals surface area contributed by atoms with E-state index in [0.29, 0.717) is 29.1 Å². The van der Waals surface area contributed by atoms with Crippen molar-refractivity contribution < 1.29 is 9.59 Å². The number of nitrogens with zero attached hydrogens (tertiary/aromatic N) is 2. The van der Waals surface area contributed by atoms with Crippen LogP contribution in [0.3, 0.4) is 0 Å². The van der Waals surface area contributed by atoms with Crippen molar-refractivity contribution in [2.24, 2.45) is 11.3 Å². The Bertz CT molecular complexity index is 902. The molecule has 1 aromatic carbocycles. The third-order valence-electron chi connectivity index (χ3n) is 5.76. The first kappa shape index (κ1) is 21.0. The van der Waals surface area contributed by atoms with Crippen LogP contribution < -0.4 is 10.6 Å². The van der Waals surface area contributed by atoms with E-state index in [9.17, 15) is 20.1 Å². The van der Waals surface area contributed by atoms with Crippen molar-refractivity contribution in [3.8, 4) is 12.1 Å². The molecule has 2 amide bonds. The summed E-state index contributed by atoms with van der Waals surface area (Å²) in [5.74, 6) is -1.36. The molecule has 1 aliphatic carbocycles. The van der Waals surface area contributed by atoms with Gasteiger partial charge in [-0.25, -0.2) is 0 Å². The van der Waals surface area contributed by atoms with Crippen molar-refractivity contribution in [3.63, 3.8) is 0 Å². The maximum atomic E-state index is 12.6. The molecule has 1 atom stereocenters. The molecular formula is C22H24N4O2S. The molecule has 1 aliphatic heterocycles. The summed E-state index contributed by atoms with van der Waals surface area (Å²) in [5.41, 5.74) is 1.63. The largest absolute Gasteiger partial charge is 0.325 e. The Morgan fingerprint density at radius 3 is 2.52 bits per heavy atom. The summed E-state index contributed by atoms with van der Waals surface area (Å²) < 4.78 is 0. The number of allylic oxidation sites excluding steroid dienone is 1. The average Bonchev–Trinajstić information content (AvgIpc) is 2.73. The third kappa shape index (κ3) is 4.31. The van der Waals surface area contributed by atoms with E-state index in [1.807, 2.05) is 24.3 Å². The maximum absolute atomic E-state index is 12.6. The number of hydrogen-bond acceptors (Lipinski definition) is 5. The van der Waals surface area contributed by atoms with Gasteiger partial charge >= 0.3 is 0 Å². The number of hydrogen-bond donors (Lipinski definition) is 2. The van der Waals surface area contributed by atoms with E-state index < -0.39 is 11.3 Å². The zero-order chi connectivity index (χ0) is 20.9. The van der Waals surface area contributed by atoms with Gasteiger partial charge in [-0.1, -0.05) is 50.1 Å². The molecule has 0 bridgehead atoms. The van der Waals surface area contributed by atoms with Crippen LogP contribution in [0.25, 0.3) is 0 Å². The molecule has 150 valence electrons. The van der Waals surface area contributed by atoms with Gasteiger partial charge in [0.25, 0.3) is 0 Å². The van der Waals surface area contributed by atoms with Gasteiger partial charge in [0.2, 0.25) is 11.8 Å². The Kier molecular flexibility index (Phi) is 6.61. The van der Waals surface area contributed by atoms with E-state index in [0.717, 1.165) is 37.4 Å². The Balaban J connectivity index is 1.75. The Morgan fingerprint density at radius 1 is 1.24 bits per heavy atom. The van der Waals surface area contributed by atoms with Gasteiger partial charge in [0.1, 0.15) is 5.92 Å². The first-order valence-electron chi connectivity index (χ1n) is 9.91. The van der Waals surface area contributed by atoms with Gasteiger partial charge in [-0.15, -0.1) is 0 Å². The molecule has 2 N–H and O–H groups in total. The van der Waals surface area contributed by atoms with E-state index >= 15 is 0 Å². The number of carbonyl (C=O) groups is 2. The Morgan fingerprint density at radius 2 is 1.93 bits per heavy atom. The molecule has 1 saturated carbocycles. The SMILES string of the molecule is CCc1ccc(NC(=O)CSC2=C(C#N)C3(CCCCC3)[C@@H](C#N)C(=O)N2)cc1. The third-order valence-corrected chi connectivity index (χ3v) is 6.76. The fraction of sp³-hybridized carbons (Fsp3) is 0.455. The molecule has 1 spiro atoms. The van der Waals surface area contributed by atoms with Gasteiger partial charge in [-0.05, 0) is 37.0 Å². The lowest BCUT2D eigenvalue weighted by Crippen LogP contribution is -2.48. The lowest BCUT2D eigenvalue weighted by Gasteiger charge is -2.43. The molecule has 0 radical (unpaired) electrons. The molecule has 3 rings (SSSR count). The topological polar surface area (TPSA) is 106 Å². The van der Waals surface area contributed by atoms with Gasteiger partial charge in [0.05, 0.1) is 28.5 Å². The maximum Gasteiger partial charge on any atom is 0.243 e. The van der Waals surface area contributed by atoms with Crippen molar-refractivity contribution in [3.05, 3.63) is 40.4 Å². The highest BCUT2D eigenvalue weighted by Crippen LogP contribution is 2.51. The highest BCUT2D eigenvalue weighted by atomic mass is 32.2. The summed E-state index contributed by atoms with van der Waals surface area (Å²) in [6.07, 6.45) is 5.07. The predicted molar refractivity (Wildman–Crippen MR) is 112 cm³/mol. The van der Waals surface area contributed by atoms with E-state index in [1.165, 1.54) is 5.56 Å². The van der Waals surface area contributed by atoms with E-state index in [2.05, 4.69) is 29.7 Å². The van der Waals surface area contributed by atoms with Crippen LogP contribution in [0.5, 0.6) is 0 Å². The average molecular weight is 409 g/mol. The summed E-state index contributed by atoms with van der Waals surface area (Å²) in [6, 6.07) is 12.0. The number of nitriles is 2. The summed E-state index contributed by atoms with van der Waals surface area (Å²) in [7, 11) is 0. The lowest BCUT2D eigenvalue weighted by molar-refractivity contribution is -0.126. The number of thioether (sulfide) groups is 1. The number of benzene rings is 1. The standard InChI is InChI=1S/C22H24N4O2S/c1-2-15-6-8-16(9-7-15)25-19(27)14-29-21-18(13-24)22(10-4-3-5-11-22)17(12-23)20(28)26-21/h6-9,17H,2-5,10-11,14H2,1H3,(H,25,27)(H,26,28)/t17-/m0/s1. The Labute approximate surface area is 175 Å². The molecule has 0 saturated heterocycles. The fourth-order valence-electron chi connectivity index (χ4n) is 4.20. The molecule has 1 heterocycles. The van der Waals surface area contributed by atoms with Crippen LogP contribution in [-0.4, -0.2) is 17.6 Å². The van der Waals surface area contributed by atoms with Gasteiger partial charge < -0.3 is 10.6 Å². The predicted octanol–water partition coefficient (Wildman–Crippen LogP) is 3.88. The van der Waals surface area contributed by atoms with Gasteiger partial charge in [-0.2, -0.15) is 10.5 Å². The minimum atomic E-state index is -0.854. The number of nitrogens with one attached hydrogen (secondary N) is 2. The Hall–Kier alpha value is -2.77. The van der Waals surface area contributed by atoms with E-state index in [1.54, 1.807) is 0 Å². The molecule has 2 aliphatic rings. The zero-order valence-electron chi connectivity index (χ0n) is 16.5. The van der Waals surface area contributed by atoms with Crippen molar-refractivity contribution >= 4 is 29.3 Å². The van der Waals surface area contributed by atoms with Crippen LogP contribution in [0, 0.1) is 34.0 Å². The second-order valence-corrected chi connectivity index (χ2v) is 8.46. The minimum Gasteiger partial charge on any atom is -0.325 e. The normalized spacial score (nSPS) is 20.5. The van der Waals surface area contributed by atoms with Crippen LogP contribution >= 0.6 is 11.8 Å². The molecule has 7 heteroatoms. The minimum absolute atomic E-state index is 0.0730. The smallest absolute Gasteiger partial charge is 0.243 e. The van der Waals surface area contributed by atoms with Crippen LogP contribution in [0.4, 0.5) is 5.69 Å². The summed E-state index contributed by atoms with van der Waals surface area (Å²) in [6.45, 7) is 2.07. The monoisotopic (exact) mass is 408 g/mol. The van der Waals surface area contributed by atoms with Crippen LogP contribution in [0.15, 0.2) is 34.9 Å². The van der Waals surface area contributed by atoms with Crippen LogP contribution in [-0.2, 0) is 16.0 Å². The van der Waals surface area contributed by atoms with Crippen LogP contribution in [0.1, 0.15) is 44.6 Å². The highest BCUT2D eigenvalue weighted by molar-refractivity contribution is 8.03. The van der Waals surface area contributed by atoms with Gasteiger partial charge in [-0.3, -0.25) is 9.59 Å². The fourth-order valence-corrected chi connectivity index (χ4v) is 5.11. The quantitative estimate of drug-likeness (QED) is 0.769. The molecule has 1 fully saturated rings. The molecule has 6 nitrogen and oxygen atoms in total. The summed E-state index contributed by atoms with van der Waals surface area (Å²) in [4.78, 5) is 24.9. The highest BCUT2D eigenvalue weighted by Gasteiger charge is 2.51. The molecule has 0 aromatic heterocycles. The first-order chi connectivity index (χ1) is 14.0. The second kappa shape index (κ2) is 9.15. The second-order valence-electron chi connectivity index (χ2n) is 7.47. The van der Waals surface area contributed by atoms with Crippen molar-refractivity contribution in [2.75, 3.05) is 11.1 Å². The number of amides is 2. The van der Waals surface area contributed by atoms with Crippen molar-refractivity contribution in [1.29, 1.82) is 10.5 Å². The van der Waals surface area contributed by atoms with Gasteiger partial charge in [0.15, 0.2) is 0 Å². The molecule has 0 unspecified atom stereocenters. The van der Waals surface area contributed by atoms with Crippen LogP contribution in [0.2, 0.25) is 0 Å². The number of carbonyl (C=O) groups excluding carboxylic acids is 2. The number of aryl methyl sites for hydroxylation is 1. The first-order valence-corrected chi connectivity index (χ1v) is 10.9. The van der Waals surface area contributed by atoms with E-state index in [-0.39, 0.29) is 17.6 Å². The summed E-state index contributed by atoms with van der Waals surface area (Å²) >= 11 is 1.15. The molecule has 1 aromatic rings.